The first kappa shape index (κ1) is 16.1. The van der Waals surface area contributed by atoms with E-state index >= 15 is 0 Å². The fraction of sp³-hybridized carbons (Fsp3) is 0.118. The lowest BCUT2D eigenvalue weighted by Crippen LogP contribution is -2.28. The number of carboxylic acids is 1. The summed E-state index contributed by atoms with van der Waals surface area (Å²) in [4.78, 5) is 29.9. The average Bonchev–Trinajstić information content (AvgIpc) is 3.17. The number of amidine groups is 1. The number of carbonyl (C=O) groups excluding carboxylic acids is 1. The molecule has 1 aliphatic rings. The molecule has 1 amide bonds. The third-order valence-electron chi connectivity index (χ3n) is 3.36. The second-order valence-electron chi connectivity index (χ2n) is 4.92. The zero-order valence-corrected chi connectivity index (χ0v) is 13.6. The maximum absolute atomic E-state index is 12.4. The van der Waals surface area contributed by atoms with E-state index in [0.717, 1.165) is 0 Å². The monoisotopic (exact) mass is 342 g/mol. The summed E-state index contributed by atoms with van der Waals surface area (Å²) in [5, 5.41) is 9.48. The number of amides is 1. The molecule has 1 aromatic carbocycles. The Morgan fingerprint density at radius 2 is 2.08 bits per heavy atom. The van der Waals surface area contributed by atoms with Crippen molar-refractivity contribution in [2.45, 2.75) is 6.92 Å². The molecule has 0 saturated carbocycles. The molecule has 0 radical (unpaired) electrons. The molecule has 24 heavy (non-hydrogen) atoms. The van der Waals surface area contributed by atoms with E-state index in [0.29, 0.717) is 28.1 Å². The molecule has 1 saturated heterocycles. The lowest BCUT2D eigenvalue weighted by molar-refractivity contribution is -0.122. The Balaban J connectivity index is 1.89. The molecule has 7 heteroatoms. The molecule has 1 fully saturated rings. The van der Waals surface area contributed by atoms with Crippen molar-refractivity contribution in [2.75, 3.05) is 6.54 Å². The molecule has 1 N–H and O–H groups in total. The van der Waals surface area contributed by atoms with Crippen molar-refractivity contribution < 1.29 is 19.1 Å². The predicted octanol–water partition coefficient (Wildman–Crippen LogP) is 3.60. The van der Waals surface area contributed by atoms with Crippen LogP contribution in [0.2, 0.25) is 0 Å². The number of aromatic carboxylic acids is 1. The minimum atomic E-state index is -0.988. The third-order valence-corrected chi connectivity index (χ3v) is 4.37. The van der Waals surface area contributed by atoms with Crippen LogP contribution in [0, 0.1) is 0 Å². The van der Waals surface area contributed by atoms with Gasteiger partial charge in [-0.3, -0.25) is 9.69 Å². The van der Waals surface area contributed by atoms with Crippen LogP contribution in [0.4, 0.5) is 5.69 Å². The van der Waals surface area contributed by atoms with E-state index in [9.17, 15) is 9.59 Å². The van der Waals surface area contributed by atoms with Gasteiger partial charge in [0.1, 0.15) is 5.76 Å². The highest BCUT2D eigenvalue weighted by Gasteiger charge is 2.32. The maximum Gasteiger partial charge on any atom is 0.335 e. The van der Waals surface area contributed by atoms with Crippen molar-refractivity contribution in [3.05, 3.63) is 58.9 Å². The van der Waals surface area contributed by atoms with Crippen LogP contribution in [0.3, 0.4) is 0 Å². The zero-order chi connectivity index (χ0) is 17.1. The Kier molecular flexibility index (Phi) is 4.52. The van der Waals surface area contributed by atoms with Crippen LogP contribution >= 0.6 is 11.8 Å². The van der Waals surface area contributed by atoms with Gasteiger partial charge >= 0.3 is 5.97 Å². The number of benzene rings is 1. The summed E-state index contributed by atoms with van der Waals surface area (Å²) in [6.45, 7) is 2.37. The number of carboxylic acid groups (broad SMARTS) is 1. The average molecular weight is 342 g/mol. The highest BCUT2D eigenvalue weighted by atomic mass is 32.2. The number of likely N-dealkylation sites (N-methyl/N-ethyl adjacent to an activating group) is 1. The van der Waals surface area contributed by atoms with Crippen LogP contribution < -0.4 is 0 Å². The molecule has 3 rings (SSSR count). The highest BCUT2D eigenvalue weighted by molar-refractivity contribution is 8.18. The number of thioether (sulfide) groups is 1. The van der Waals surface area contributed by atoms with Crippen molar-refractivity contribution >= 4 is 40.6 Å². The molecule has 0 aliphatic carbocycles. The van der Waals surface area contributed by atoms with Gasteiger partial charge in [0, 0.05) is 12.6 Å². The number of aliphatic imine (C=N–C) groups is 1. The summed E-state index contributed by atoms with van der Waals surface area (Å²) in [6.07, 6.45) is 3.23. The molecule has 0 unspecified atom stereocenters. The Bertz CT molecular complexity index is 823. The lowest BCUT2D eigenvalue weighted by atomic mass is 10.2. The first-order valence-electron chi connectivity index (χ1n) is 7.25. The molecule has 0 spiro atoms. The van der Waals surface area contributed by atoms with E-state index in [1.54, 1.807) is 41.5 Å². The molecule has 1 aromatic heterocycles. The molecule has 1 aliphatic heterocycles. The summed E-state index contributed by atoms with van der Waals surface area (Å²) in [5.74, 6) is -0.507. The largest absolute Gasteiger partial charge is 0.478 e. The molecule has 0 atom stereocenters. The van der Waals surface area contributed by atoms with Gasteiger partial charge in [-0.25, -0.2) is 9.79 Å². The summed E-state index contributed by atoms with van der Waals surface area (Å²) in [5.41, 5.74) is 0.785. The van der Waals surface area contributed by atoms with Crippen molar-refractivity contribution in [3.63, 3.8) is 0 Å². The fourth-order valence-corrected chi connectivity index (χ4v) is 3.20. The summed E-state index contributed by atoms with van der Waals surface area (Å²) >= 11 is 1.27. The molecule has 0 bridgehead atoms. The van der Waals surface area contributed by atoms with E-state index < -0.39 is 5.97 Å². The normalized spacial score (nSPS) is 17.9. The van der Waals surface area contributed by atoms with Gasteiger partial charge < -0.3 is 9.52 Å². The Morgan fingerprint density at radius 3 is 2.67 bits per heavy atom. The SMILES string of the molecule is CCN1C(=O)/C(=C/c2ccco2)SC1=Nc1ccc(C(=O)O)cc1. The van der Waals surface area contributed by atoms with Crippen molar-refractivity contribution in [1.29, 1.82) is 0 Å². The van der Waals surface area contributed by atoms with Gasteiger partial charge in [0.2, 0.25) is 0 Å². The van der Waals surface area contributed by atoms with Crippen LogP contribution in [-0.4, -0.2) is 33.6 Å². The molecule has 2 heterocycles. The van der Waals surface area contributed by atoms with Gasteiger partial charge in [-0.1, -0.05) is 0 Å². The summed E-state index contributed by atoms with van der Waals surface area (Å²) in [7, 11) is 0. The van der Waals surface area contributed by atoms with Crippen LogP contribution in [0.25, 0.3) is 6.08 Å². The van der Waals surface area contributed by atoms with Gasteiger partial charge in [0.05, 0.1) is 22.4 Å². The van der Waals surface area contributed by atoms with Crippen LogP contribution in [0.5, 0.6) is 0 Å². The first-order chi connectivity index (χ1) is 11.6. The second-order valence-corrected chi connectivity index (χ2v) is 5.93. The molecule has 122 valence electrons. The van der Waals surface area contributed by atoms with Gasteiger partial charge in [0.25, 0.3) is 5.91 Å². The maximum atomic E-state index is 12.4. The van der Waals surface area contributed by atoms with Gasteiger partial charge in [-0.15, -0.1) is 0 Å². The number of hydrogen-bond acceptors (Lipinski definition) is 5. The minimum absolute atomic E-state index is 0.125. The van der Waals surface area contributed by atoms with Crippen LogP contribution in [0.15, 0.2) is 57.0 Å². The lowest BCUT2D eigenvalue weighted by Gasteiger charge is -2.11. The van der Waals surface area contributed by atoms with Crippen molar-refractivity contribution in [3.8, 4) is 0 Å². The van der Waals surface area contributed by atoms with Crippen molar-refractivity contribution in [1.82, 2.24) is 4.90 Å². The van der Waals surface area contributed by atoms with Gasteiger partial charge in [-0.2, -0.15) is 0 Å². The van der Waals surface area contributed by atoms with E-state index in [1.807, 2.05) is 6.92 Å². The van der Waals surface area contributed by atoms with Gasteiger partial charge in [-0.05, 0) is 55.1 Å². The summed E-state index contributed by atoms with van der Waals surface area (Å²) < 4.78 is 5.25. The smallest absolute Gasteiger partial charge is 0.335 e. The predicted molar refractivity (Wildman–Crippen MR) is 92.2 cm³/mol. The standard InChI is InChI=1S/C17H14N2O4S/c1-2-19-15(20)14(10-13-4-3-9-23-13)24-17(19)18-12-7-5-11(6-8-12)16(21)22/h3-10H,2H2,1H3,(H,21,22)/b14-10-,18-17?. The Hall–Kier alpha value is -2.80. The van der Waals surface area contributed by atoms with E-state index in [1.165, 1.54) is 23.9 Å². The quantitative estimate of drug-likeness (QED) is 0.858. The number of carbonyl (C=O) groups is 2. The topological polar surface area (TPSA) is 83.1 Å². The number of furan rings is 1. The number of rotatable bonds is 4. The van der Waals surface area contributed by atoms with E-state index in [-0.39, 0.29) is 11.5 Å². The van der Waals surface area contributed by atoms with Crippen LogP contribution in [-0.2, 0) is 4.79 Å². The molecule has 6 nitrogen and oxygen atoms in total. The molecular formula is C17H14N2O4S. The van der Waals surface area contributed by atoms with E-state index in [4.69, 9.17) is 9.52 Å². The minimum Gasteiger partial charge on any atom is -0.478 e. The van der Waals surface area contributed by atoms with E-state index in [2.05, 4.69) is 4.99 Å². The number of nitrogens with zero attached hydrogens (tertiary/aromatic N) is 2. The molecular weight excluding hydrogens is 328 g/mol. The van der Waals surface area contributed by atoms with Gasteiger partial charge in [0.15, 0.2) is 5.17 Å². The fourth-order valence-electron chi connectivity index (χ4n) is 2.16. The number of hydrogen-bond donors (Lipinski definition) is 1. The van der Waals surface area contributed by atoms with Crippen molar-refractivity contribution in [2.24, 2.45) is 4.99 Å². The third kappa shape index (κ3) is 3.26. The zero-order valence-electron chi connectivity index (χ0n) is 12.8. The highest BCUT2D eigenvalue weighted by Crippen LogP contribution is 2.34. The Labute approximate surface area is 142 Å². The first-order valence-corrected chi connectivity index (χ1v) is 8.07. The summed E-state index contributed by atoms with van der Waals surface area (Å²) in [6, 6.07) is 9.73. The second kappa shape index (κ2) is 6.76. The van der Waals surface area contributed by atoms with Crippen LogP contribution in [0.1, 0.15) is 23.0 Å². The Morgan fingerprint density at radius 1 is 1.33 bits per heavy atom. The molecule has 2 aromatic rings.